The topological polar surface area (TPSA) is 86.2 Å². The first kappa shape index (κ1) is 19.5. The number of amides is 2. The van der Waals surface area contributed by atoms with Crippen molar-refractivity contribution in [3.63, 3.8) is 0 Å². The number of nitrogens with two attached hydrogens (primary N) is 2. The SMILES string of the molecule is NC(=O)C1(SCc2ccccc2)SC(SCc2ccccc2)(C(N)=O)S1. The van der Waals surface area contributed by atoms with Crippen LogP contribution in [-0.4, -0.2) is 18.6 Å². The molecule has 2 amide bonds. The van der Waals surface area contributed by atoms with Crippen molar-refractivity contribution in [1.82, 2.24) is 0 Å². The number of carbonyl (C=O) groups is 2. The average molecular weight is 423 g/mol. The van der Waals surface area contributed by atoms with Gasteiger partial charge >= 0.3 is 0 Å². The van der Waals surface area contributed by atoms with Crippen LogP contribution in [-0.2, 0) is 21.1 Å². The second-order valence-corrected chi connectivity index (χ2v) is 12.4. The maximum absolute atomic E-state index is 12.1. The molecule has 1 fully saturated rings. The predicted octanol–water partition coefficient (Wildman–Crippen LogP) is 3.61. The monoisotopic (exact) mass is 422 g/mol. The standard InChI is InChI=1S/C18H18N2O2S4/c19-15(21)17(23-11-13-7-3-1-4-8-13)25-18(26-17,16(20)22)24-12-14-9-5-2-6-10-14/h1-10H,11-12H2,(H2,19,21)(H2,20,22). The molecule has 0 bridgehead atoms. The number of benzene rings is 2. The second-order valence-electron chi connectivity index (χ2n) is 5.59. The highest BCUT2D eigenvalue weighted by atomic mass is 32.3. The summed E-state index contributed by atoms with van der Waals surface area (Å²) < 4.78 is -1.79. The van der Waals surface area contributed by atoms with E-state index in [1.54, 1.807) is 0 Å². The summed E-state index contributed by atoms with van der Waals surface area (Å²) in [5.41, 5.74) is 13.5. The highest BCUT2D eigenvalue weighted by Gasteiger charge is 2.64. The molecule has 0 atom stereocenters. The molecule has 2 aromatic rings. The highest BCUT2D eigenvalue weighted by molar-refractivity contribution is 8.54. The third-order valence-corrected chi connectivity index (χ3v) is 11.1. The molecule has 1 aliphatic heterocycles. The molecule has 0 aromatic heterocycles. The molecule has 136 valence electrons. The number of thioether (sulfide) groups is 4. The minimum absolute atomic E-state index is 0.439. The molecule has 0 radical (unpaired) electrons. The maximum atomic E-state index is 12.1. The van der Waals surface area contributed by atoms with Crippen molar-refractivity contribution in [2.75, 3.05) is 0 Å². The molecule has 1 heterocycles. The molecule has 26 heavy (non-hydrogen) atoms. The van der Waals surface area contributed by atoms with Gasteiger partial charge in [-0.05, 0) is 11.1 Å². The normalized spacial score (nSPS) is 24.6. The van der Waals surface area contributed by atoms with Crippen molar-refractivity contribution in [3.8, 4) is 0 Å². The minimum atomic E-state index is -0.894. The van der Waals surface area contributed by atoms with Crippen LogP contribution in [0.2, 0.25) is 0 Å². The smallest absolute Gasteiger partial charge is 0.254 e. The Labute approximate surface area is 169 Å². The number of hydrogen-bond donors (Lipinski definition) is 2. The Morgan fingerprint density at radius 3 is 1.38 bits per heavy atom. The Bertz CT molecular complexity index is 715. The van der Waals surface area contributed by atoms with E-state index in [1.807, 2.05) is 60.7 Å². The van der Waals surface area contributed by atoms with E-state index in [1.165, 1.54) is 47.0 Å². The van der Waals surface area contributed by atoms with Gasteiger partial charge in [-0.15, -0.1) is 23.5 Å². The molecule has 3 rings (SSSR count). The summed E-state index contributed by atoms with van der Waals surface area (Å²) in [5.74, 6) is 0.403. The number of rotatable bonds is 8. The molecule has 0 unspecified atom stereocenters. The van der Waals surface area contributed by atoms with E-state index in [4.69, 9.17) is 11.5 Å². The minimum Gasteiger partial charge on any atom is -0.367 e. The summed E-state index contributed by atoms with van der Waals surface area (Å²) in [6.45, 7) is 0. The summed E-state index contributed by atoms with van der Waals surface area (Å²) >= 11 is 5.41. The molecule has 0 spiro atoms. The van der Waals surface area contributed by atoms with Crippen LogP contribution in [0.4, 0.5) is 0 Å². The van der Waals surface area contributed by atoms with E-state index in [-0.39, 0.29) is 0 Å². The van der Waals surface area contributed by atoms with Crippen LogP contribution in [0.5, 0.6) is 0 Å². The van der Waals surface area contributed by atoms with E-state index in [0.717, 1.165) is 11.1 Å². The van der Waals surface area contributed by atoms with Gasteiger partial charge in [0, 0.05) is 11.5 Å². The number of hydrogen-bond acceptors (Lipinski definition) is 6. The van der Waals surface area contributed by atoms with Gasteiger partial charge in [0.1, 0.15) is 0 Å². The van der Waals surface area contributed by atoms with Crippen molar-refractivity contribution < 1.29 is 9.59 Å². The van der Waals surface area contributed by atoms with Gasteiger partial charge < -0.3 is 11.5 Å². The zero-order valence-corrected chi connectivity index (χ0v) is 17.1. The molecule has 4 nitrogen and oxygen atoms in total. The molecule has 1 saturated heterocycles. The van der Waals surface area contributed by atoms with Crippen molar-refractivity contribution in [2.45, 2.75) is 18.3 Å². The Balaban J connectivity index is 1.68. The van der Waals surface area contributed by atoms with E-state index >= 15 is 0 Å². The van der Waals surface area contributed by atoms with Crippen molar-refractivity contribution in [1.29, 1.82) is 0 Å². The molecule has 0 saturated carbocycles. The third-order valence-electron chi connectivity index (χ3n) is 3.68. The summed E-state index contributed by atoms with van der Waals surface area (Å²) in [4.78, 5) is 24.2. The Hall–Kier alpha value is -1.22. The first-order chi connectivity index (χ1) is 12.5. The number of carbonyl (C=O) groups excluding carboxylic acids is 2. The second kappa shape index (κ2) is 8.21. The largest absolute Gasteiger partial charge is 0.367 e. The lowest BCUT2D eigenvalue weighted by Crippen LogP contribution is -2.54. The van der Waals surface area contributed by atoms with E-state index in [9.17, 15) is 9.59 Å². The quantitative estimate of drug-likeness (QED) is 0.676. The van der Waals surface area contributed by atoms with Gasteiger partial charge in [-0.3, -0.25) is 9.59 Å². The van der Waals surface area contributed by atoms with Crippen molar-refractivity contribution in [3.05, 3.63) is 71.8 Å². The molecule has 2 aromatic carbocycles. The Kier molecular flexibility index (Phi) is 6.17. The first-order valence-electron chi connectivity index (χ1n) is 7.82. The summed E-state index contributed by atoms with van der Waals surface area (Å²) in [6, 6.07) is 19.7. The Morgan fingerprint density at radius 1 is 0.731 bits per heavy atom. The first-order valence-corrected chi connectivity index (χ1v) is 11.4. The van der Waals surface area contributed by atoms with E-state index in [2.05, 4.69) is 0 Å². The van der Waals surface area contributed by atoms with Crippen LogP contribution < -0.4 is 11.5 Å². The van der Waals surface area contributed by atoms with Crippen LogP contribution >= 0.6 is 47.0 Å². The molecule has 0 aliphatic carbocycles. The summed E-state index contributed by atoms with van der Waals surface area (Å²) in [6.07, 6.45) is 0. The van der Waals surface area contributed by atoms with E-state index < -0.39 is 18.6 Å². The van der Waals surface area contributed by atoms with Gasteiger partial charge in [-0.2, -0.15) is 0 Å². The van der Waals surface area contributed by atoms with Gasteiger partial charge in [0.15, 0.2) is 6.82 Å². The van der Waals surface area contributed by atoms with Gasteiger partial charge in [0.05, 0.1) is 0 Å². The van der Waals surface area contributed by atoms with Gasteiger partial charge in [-0.1, -0.05) is 84.2 Å². The van der Waals surface area contributed by atoms with E-state index in [0.29, 0.717) is 11.5 Å². The van der Waals surface area contributed by atoms with Gasteiger partial charge in [-0.25, -0.2) is 0 Å². The third kappa shape index (κ3) is 4.19. The highest BCUT2D eigenvalue weighted by Crippen LogP contribution is 2.73. The van der Waals surface area contributed by atoms with Crippen LogP contribution in [0, 0.1) is 0 Å². The zero-order valence-electron chi connectivity index (χ0n) is 13.8. The molecular formula is C18H18N2O2S4. The maximum Gasteiger partial charge on any atom is 0.254 e. The predicted molar refractivity (Wildman–Crippen MR) is 115 cm³/mol. The fourth-order valence-corrected chi connectivity index (χ4v) is 10.2. The zero-order chi connectivity index (χ0) is 18.6. The lowest BCUT2D eigenvalue weighted by molar-refractivity contribution is -0.117. The fourth-order valence-electron chi connectivity index (χ4n) is 2.33. The van der Waals surface area contributed by atoms with Crippen molar-refractivity contribution >= 4 is 58.9 Å². The Morgan fingerprint density at radius 2 is 1.08 bits per heavy atom. The number of primary amides is 2. The summed E-state index contributed by atoms with van der Waals surface area (Å²) in [5, 5.41) is 0. The molecular weight excluding hydrogens is 404 g/mol. The lowest BCUT2D eigenvalue weighted by atomic mass is 10.2. The van der Waals surface area contributed by atoms with Gasteiger partial charge in [0.2, 0.25) is 0 Å². The van der Waals surface area contributed by atoms with Gasteiger partial charge in [0.25, 0.3) is 11.8 Å². The van der Waals surface area contributed by atoms with Crippen LogP contribution in [0.1, 0.15) is 11.1 Å². The molecule has 8 heteroatoms. The fraction of sp³-hybridized carbons (Fsp3) is 0.222. The molecule has 4 N–H and O–H groups in total. The van der Waals surface area contributed by atoms with Crippen LogP contribution in [0.15, 0.2) is 60.7 Å². The summed E-state index contributed by atoms with van der Waals surface area (Å²) in [7, 11) is 0. The van der Waals surface area contributed by atoms with Crippen LogP contribution in [0.3, 0.4) is 0 Å². The average Bonchev–Trinajstić information content (AvgIpc) is 2.61. The lowest BCUT2D eigenvalue weighted by Gasteiger charge is -2.49. The van der Waals surface area contributed by atoms with Crippen LogP contribution in [0.25, 0.3) is 0 Å². The van der Waals surface area contributed by atoms with Crippen molar-refractivity contribution in [2.24, 2.45) is 11.5 Å². The molecule has 1 aliphatic rings.